The van der Waals surface area contributed by atoms with E-state index in [1.807, 2.05) is 13.8 Å². The highest BCUT2D eigenvalue weighted by molar-refractivity contribution is 5.89. The van der Waals surface area contributed by atoms with E-state index in [0.29, 0.717) is 6.42 Å². The Hall–Kier alpha value is -1.58. The van der Waals surface area contributed by atoms with Crippen LogP contribution >= 0.6 is 0 Å². The Morgan fingerprint density at radius 1 is 1.50 bits per heavy atom. The van der Waals surface area contributed by atoms with Gasteiger partial charge in [0.15, 0.2) is 11.6 Å². The van der Waals surface area contributed by atoms with Crippen LogP contribution in [0.4, 0.5) is 4.39 Å². The van der Waals surface area contributed by atoms with Crippen LogP contribution in [-0.2, 0) is 6.42 Å². The number of hydrogen-bond acceptors (Lipinski definition) is 2. The maximum absolute atomic E-state index is 13.6. The van der Waals surface area contributed by atoms with Crippen LogP contribution in [0.1, 0.15) is 36.2 Å². The zero-order valence-electron chi connectivity index (χ0n) is 9.33. The second-order valence-electron chi connectivity index (χ2n) is 3.95. The first kappa shape index (κ1) is 12.5. The third-order valence-corrected chi connectivity index (χ3v) is 2.70. The monoisotopic (exact) mass is 226 g/mol. The molecule has 0 aliphatic heterocycles. The van der Waals surface area contributed by atoms with Crippen molar-refractivity contribution >= 4 is 5.97 Å². The van der Waals surface area contributed by atoms with Crippen molar-refractivity contribution in [2.75, 3.05) is 0 Å². The van der Waals surface area contributed by atoms with Gasteiger partial charge in [0, 0.05) is 5.56 Å². The van der Waals surface area contributed by atoms with Crippen LogP contribution in [0.2, 0.25) is 0 Å². The molecule has 0 spiro atoms. The van der Waals surface area contributed by atoms with E-state index in [1.165, 1.54) is 6.07 Å². The topological polar surface area (TPSA) is 57.5 Å². The van der Waals surface area contributed by atoms with E-state index < -0.39 is 17.5 Å². The van der Waals surface area contributed by atoms with Crippen LogP contribution in [0.15, 0.2) is 12.1 Å². The number of aromatic hydroxyl groups is 1. The number of aromatic carboxylic acids is 1. The minimum absolute atomic E-state index is 0.0735. The van der Waals surface area contributed by atoms with Gasteiger partial charge in [-0.2, -0.15) is 0 Å². The van der Waals surface area contributed by atoms with E-state index in [-0.39, 0.29) is 17.0 Å². The molecule has 0 saturated carbocycles. The summed E-state index contributed by atoms with van der Waals surface area (Å²) in [6.45, 7) is 3.86. The van der Waals surface area contributed by atoms with E-state index in [4.69, 9.17) is 5.11 Å². The molecule has 0 unspecified atom stereocenters. The lowest BCUT2D eigenvalue weighted by atomic mass is 9.94. The molecule has 0 heterocycles. The summed E-state index contributed by atoms with van der Waals surface area (Å²) in [5.74, 6) is -2.31. The van der Waals surface area contributed by atoms with Crippen LogP contribution in [0, 0.1) is 11.7 Å². The Morgan fingerprint density at radius 2 is 2.12 bits per heavy atom. The summed E-state index contributed by atoms with van der Waals surface area (Å²) in [6, 6.07) is 2.30. The predicted molar refractivity (Wildman–Crippen MR) is 58.2 cm³/mol. The second kappa shape index (κ2) is 4.96. The van der Waals surface area contributed by atoms with Crippen molar-refractivity contribution in [3.63, 3.8) is 0 Å². The second-order valence-corrected chi connectivity index (χ2v) is 3.95. The minimum Gasteiger partial charge on any atom is -0.505 e. The maximum Gasteiger partial charge on any atom is 0.336 e. The third kappa shape index (κ3) is 2.51. The molecule has 16 heavy (non-hydrogen) atoms. The van der Waals surface area contributed by atoms with Crippen molar-refractivity contribution in [3.8, 4) is 5.75 Å². The molecule has 1 atom stereocenters. The highest BCUT2D eigenvalue weighted by Crippen LogP contribution is 2.26. The van der Waals surface area contributed by atoms with E-state index in [0.717, 1.165) is 12.5 Å². The maximum atomic E-state index is 13.6. The summed E-state index contributed by atoms with van der Waals surface area (Å²) in [6.07, 6.45) is 1.15. The highest BCUT2D eigenvalue weighted by atomic mass is 19.1. The van der Waals surface area contributed by atoms with Crippen LogP contribution in [0.25, 0.3) is 0 Å². The van der Waals surface area contributed by atoms with Gasteiger partial charge in [0.25, 0.3) is 0 Å². The number of carboxylic acid groups (broad SMARTS) is 1. The molecule has 3 nitrogen and oxygen atoms in total. The fourth-order valence-corrected chi connectivity index (χ4v) is 1.50. The Labute approximate surface area is 93.5 Å². The summed E-state index contributed by atoms with van der Waals surface area (Å²) in [4.78, 5) is 10.9. The molecule has 0 bridgehead atoms. The van der Waals surface area contributed by atoms with E-state index in [1.54, 1.807) is 0 Å². The number of carbonyl (C=O) groups is 1. The summed E-state index contributed by atoms with van der Waals surface area (Å²) < 4.78 is 13.6. The van der Waals surface area contributed by atoms with E-state index in [2.05, 4.69) is 0 Å². The number of hydrogen-bond donors (Lipinski definition) is 2. The van der Waals surface area contributed by atoms with Crippen molar-refractivity contribution in [2.45, 2.75) is 26.7 Å². The number of phenolic OH excluding ortho intramolecular Hbond substituents is 1. The minimum atomic E-state index is -1.17. The number of carboxylic acids is 1. The quantitative estimate of drug-likeness (QED) is 0.830. The average molecular weight is 226 g/mol. The van der Waals surface area contributed by atoms with Gasteiger partial charge >= 0.3 is 5.97 Å². The van der Waals surface area contributed by atoms with Gasteiger partial charge in [0.1, 0.15) is 0 Å². The SMILES string of the molecule is CC[C@H](C)Cc1c(C(=O)O)ccc(O)c1F. The summed E-state index contributed by atoms with van der Waals surface area (Å²) in [7, 11) is 0. The normalized spacial score (nSPS) is 12.4. The van der Waals surface area contributed by atoms with Gasteiger partial charge in [-0.25, -0.2) is 9.18 Å². The molecule has 88 valence electrons. The van der Waals surface area contributed by atoms with Crippen molar-refractivity contribution in [1.82, 2.24) is 0 Å². The summed E-state index contributed by atoms with van der Waals surface area (Å²) >= 11 is 0. The Kier molecular flexibility index (Phi) is 3.88. The molecule has 1 rings (SSSR count). The van der Waals surface area contributed by atoms with Gasteiger partial charge in [-0.05, 0) is 24.5 Å². The lowest BCUT2D eigenvalue weighted by Gasteiger charge is -2.12. The zero-order valence-corrected chi connectivity index (χ0v) is 9.33. The molecular formula is C12H15FO3. The molecule has 0 aliphatic carbocycles. The standard InChI is InChI=1S/C12H15FO3/c1-3-7(2)6-9-8(12(15)16)4-5-10(14)11(9)13/h4-5,7,14H,3,6H2,1-2H3,(H,15,16)/t7-/m0/s1. The van der Waals surface area contributed by atoms with Gasteiger partial charge < -0.3 is 10.2 Å². The van der Waals surface area contributed by atoms with Crippen LogP contribution in [0.5, 0.6) is 5.75 Å². The van der Waals surface area contributed by atoms with Crippen LogP contribution in [0.3, 0.4) is 0 Å². The molecule has 2 N–H and O–H groups in total. The number of rotatable bonds is 4. The summed E-state index contributed by atoms with van der Waals surface area (Å²) in [5, 5.41) is 18.1. The Bertz CT molecular complexity index is 401. The molecule has 4 heteroatoms. The number of phenols is 1. The third-order valence-electron chi connectivity index (χ3n) is 2.70. The predicted octanol–water partition coefficient (Wildman–Crippen LogP) is 2.82. The molecule has 0 saturated heterocycles. The molecule has 0 aliphatic rings. The lowest BCUT2D eigenvalue weighted by Crippen LogP contribution is -2.09. The first-order chi connectivity index (χ1) is 7.47. The zero-order chi connectivity index (χ0) is 12.3. The molecule has 1 aromatic rings. The summed E-state index contributed by atoms with van der Waals surface area (Å²) in [5.41, 5.74) is 0.0115. The average Bonchev–Trinajstić information content (AvgIpc) is 2.24. The molecule has 0 fully saturated rings. The van der Waals surface area contributed by atoms with Gasteiger partial charge in [0.05, 0.1) is 5.56 Å². The number of benzene rings is 1. The van der Waals surface area contributed by atoms with Crippen molar-refractivity contribution in [1.29, 1.82) is 0 Å². The first-order valence-corrected chi connectivity index (χ1v) is 5.21. The van der Waals surface area contributed by atoms with Gasteiger partial charge in [-0.3, -0.25) is 0 Å². The lowest BCUT2D eigenvalue weighted by molar-refractivity contribution is 0.0694. The van der Waals surface area contributed by atoms with Gasteiger partial charge in [-0.1, -0.05) is 20.3 Å². The van der Waals surface area contributed by atoms with Crippen molar-refractivity contribution < 1.29 is 19.4 Å². The smallest absolute Gasteiger partial charge is 0.336 e. The first-order valence-electron chi connectivity index (χ1n) is 5.21. The van der Waals surface area contributed by atoms with Gasteiger partial charge in [-0.15, -0.1) is 0 Å². The van der Waals surface area contributed by atoms with Crippen molar-refractivity contribution in [2.24, 2.45) is 5.92 Å². The molecule has 0 radical (unpaired) electrons. The molecule has 0 aromatic heterocycles. The van der Waals surface area contributed by atoms with Crippen LogP contribution in [-0.4, -0.2) is 16.2 Å². The molecule has 0 amide bonds. The fourth-order valence-electron chi connectivity index (χ4n) is 1.50. The van der Waals surface area contributed by atoms with E-state index >= 15 is 0 Å². The van der Waals surface area contributed by atoms with E-state index in [9.17, 15) is 14.3 Å². The molecular weight excluding hydrogens is 211 g/mol. The number of halogens is 1. The Balaban J connectivity index is 3.21. The molecule has 1 aromatic carbocycles. The van der Waals surface area contributed by atoms with Crippen molar-refractivity contribution in [3.05, 3.63) is 29.1 Å². The Morgan fingerprint density at radius 3 is 2.62 bits per heavy atom. The largest absolute Gasteiger partial charge is 0.505 e. The van der Waals surface area contributed by atoms with Crippen LogP contribution < -0.4 is 0 Å². The highest BCUT2D eigenvalue weighted by Gasteiger charge is 2.18. The van der Waals surface area contributed by atoms with Gasteiger partial charge in [0.2, 0.25) is 0 Å². The fraction of sp³-hybridized carbons (Fsp3) is 0.417.